The average molecular weight is 277 g/mol. The quantitative estimate of drug-likeness (QED) is 0.418. The number of hydrogen-bond acceptors (Lipinski definition) is 2. The number of azide groups is 2. The Balaban J connectivity index is 2.10. The van der Waals surface area contributed by atoms with Crippen molar-refractivity contribution in [1.82, 2.24) is 0 Å². The molecule has 1 fully saturated rings. The summed E-state index contributed by atoms with van der Waals surface area (Å²) < 4.78 is 0. The molecule has 0 heterocycles. The first kappa shape index (κ1) is 13.6. The maximum absolute atomic E-state index is 8.44. The first-order valence-corrected chi connectivity index (χ1v) is 6.35. The molecule has 1 aliphatic rings. The van der Waals surface area contributed by atoms with Gasteiger partial charge in [0.2, 0.25) is 0 Å². The second-order valence-corrected chi connectivity index (χ2v) is 5.31. The van der Waals surface area contributed by atoms with Gasteiger partial charge in [-0.15, -0.1) is 0 Å². The summed E-state index contributed by atoms with van der Waals surface area (Å²) in [5.74, 6) is 0.344. The van der Waals surface area contributed by atoms with Crippen molar-refractivity contribution in [1.29, 1.82) is 0 Å². The lowest BCUT2D eigenvalue weighted by Crippen LogP contribution is -2.41. The van der Waals surface area contributed by atoms with Crippen LogP contribution in [0.4, 0.5) is 0 Å². The SMILES string of the molecule is [N-]=[N+]=NCC1(CN=[N+]=[N-])CC(c2ccccc2Cl)C1. The highest BCUT2D eigenvalue weighted by molar-refractivity contribution is 6.31. The van der Waals surface area contributed by atoms with Gasteiger partial charge in [0.25, 0.3) is 0 Å². The second-order valence-electron chi connectivity index (χ2n) is 4.90. The summed E-state index contributed by atoms with van der Waals surface area (Å²) in [7, 11) is 0. The van der Waals surface area contributed by atoms with E-state index in [0.717, 1.165) is 23.4 Å². The minimum absolute atomic E-state index is 0.206. The molecule has 0 amide bonds. The van der Waals surface area contributed by atoms with Crippen LogP contribution in [0.25, 0.3) is 20.9 Å². The highest BCUT2D eigenvalue weighted by Crippen LogP contribution is 2.52. The van der Waals surface area contributed by atoms with E-state index in [0.29, 0.717) is 19.0 Å². The average Bonchev–Trinajstić information content (AvgIpc) is 2.38. The Kier molecular flexibility index (Phi) is 4.17. The Morgan fingerprint density at radius 2 is 1.74 bits per heavy atom. The summed E-state index contributed by atoms with van der Waals surface area (Å²) in [6.07, 6.45) is 1.66. The maximum atomic E-state index is 8.44. The predicted octanol–water partition coefficient (Wildman–Crippen LogP) is 4.82. The van der Waals surface area contributed by atoms with E-state index in [1.165, 1.54) is 0 Å². The fraction of sp³-hybridized carbons (Fsp3) is 0.500. The summed E-state index contributed by atoms with van der Waals surface area (Å²) in [5.41, 5.74) is 17.8. The predicted molar refractivity (Wildman–Crippen MR) is 73.9 cm³/mol. The van der Waals surface area contributed by atoms with Crippen molar-refractivity contribution >= 4 is 11.6 Å². The molecule has 19 heavy (non-hydrogen) atoms. The van der Waals surface area contributed by atoms with Gasteiger partial charge >= 0.3 is 0 Å². The molecular weight excluding hydrogens is 264 g/mol. The van der Waals surface area contributed by atoms with E-state index in [4.69, 9.17) is 22.7 Å². The molecular formula is C12H13ClN6. The van der Waals surface area contributed by atoms with Crippen molar-refractivity contribution in [2.24, 2.45) is 15.6 Å². The highest BCUT2D eigenvalue weighted by atomic mass is 35.5. The van der Waals surface area contributed by atoms with E-state index in [1.807, 2.05) is 24.3 Å². The molecule has 1 saturated carbocycles. The molecule has 0 spiro atoms. The van der Waals surface area contributed by atoms with Crippen LogP contribution in [-0.4, -0.2) is 13.1 Å². The summed E-state index contributed by atoms with van der Waals surface area (Å²) in [5, 5.41) is 8.03. The van der Waals surface area contributed by atoms with Crippen LogP contribution in [-0.2, 0) is 0 Å². The molecule has 0 bridgehead atoms. The molecule has 0 radical (unpaired) electrons. The van der Waals surface area contributed by atoms with E-state index in [1.54, 1.807) is 0 Å². The van der Waals surface area contributed by atoms with Crippen LogP contribution in [0.1, 0.15) is 24.3 Å². The number of nitrogens with zero attached hydrogens (tertiary/aromatic N) is 6. The summed E-state index contributed by atoms with van der Waals surface area (Å²) in [6.45, 7) is 0.729. The molecule has 0 unspecified atom stereocenters. The molecule has 7 heteroatoms. The van der Waals surface area contributed by atoms with Crippen LogP contribution < -0.4 is 0 Å². The topological polar surface area (TPSA) is 97.5 Å². The van der Waals surface area contributed by atoms with Crippen LogP contribution >= 0.6 is 11.6 Å². The van der Waals surface area contributed by atoms with Crippen molar-refractivity contribution in [3.05, 3.63) is 55.7 Å². The fourth-order valence-electron chi connectivity index (χ4n) is 2.68. The first-order valence-electron chi connectivity index (χ1n) is 5.97. The van der Waals surface area contributed by atoms with E-state index in [2.05, 4.69) is 20.1 Å². The highest BCUT2D eigenvalue weighted by Gasteiger charge is 2.44. The van der Waals surface area contributed by atoms with Crippen molar-refractivity contribution < 1.29 is 0 Å². The van der Waals surface area contributed by atoms with E-state index in [9.17, 15) is 0 Å². The molecule has 1 aromatic rings. The van der Waals surface area contributed by atoms with Gasteiger partial charge in [0.05, 0.1) is 0 Å². The third kappa shape index (κ3) is 2.93. The van der Waals surface area contributed by atoms with Gasteiger partial charge in [-0.25, -0.2) is 0 Å². The Bertz CT molecular complexity index is 531. The third-order valence-corrected chi connectivity index (χ3v) is 3.99. The normalized spacial score (nSPS) is 24.8. The van der Waals surface area contributed by atoms with Gasteiger partial charge in [0, 0.05) is 27.9 Å². The third-order valence-electron chi connectivity index (χ3n) is 3.64. The molecule has 6 nitrogen and oxygen atoms in total. The van der Waals surface area contributed by atoms with E-state index in [-0.39, 0.29) is 5.41 Å². The van der Waals surface area contributed by atoms with Crippen LogP contribution in [0, 0.1) is 5.41 Å². The molecule has 0 aromatic heterocycles. The first-order chi connectivity index (χ1) is 9.21. The zero-order chi connectivity index (χ0) is 13.7. The van der Waals surface area contributed by atoms with Crippen molar-refractivity contribution in [3.8, 4) is 0 Å². The molecule has 0 atom stereocenters. The van der Waals surface area contributed by atoms with Crippen LogP contribution in [0.2, 0.25) is 5.02 Å². The molecule has 98 valence electrons. The maximum Gasteiger partial charge on any atom is 0.0440 e. The Labute approximate surface area is 115 Å². The number of halogens is 1. The summed E-state index contributed by atoms with van der Waals surface area (Å²) in [4.78, 5) is 5.58. The monoisotopic (exact) mass is 276 g/mol. The Morgan fingerprint density at radius 1 is 1.16 bits per heavy atom. The summed E-state index contributed by atoms with van der Waals surface area (Å²) in [6, 6.07) is 7.75. The number of hydrogen-bond donors (Lipinski definition) is 0. The number of benzene rings is 1. The standard InChI is InChI=1S/C12H13ClN6/c13-11-4-2-1-3-10(11)9-5-12(6-9,7-16-18-14)8-17-19-15/h1-4,9H,5-8H2. The van der Waals surface area contributed by atoms with Gasteiger partial charge < -0.3 is 0 Å². The van der Waals surface area contributed by atoms with Crippen molar-refractivity contribution in [2.45, 2.75) is 18.8 Å². The van der Waals surface area contributed by atoms with Gasteiger partial charge in [-0.3, -0.25) is 0 Å². The van der Waals surface area contributed by atoms with Crippen LogP contribution in [0.3, 0.4) is 0 Å². The largest absolute Gasteiger partial charge is 0.0934 e. The smallest absolute Gasteiger partial charge is 0.0440 e. The Morgan fingerprint density at radius 3 is 2.26 bits per heavy atom. The van der Waals surface area contributed by atoms with Gasteiger partial charge in [0.15, 0.2) is 0 Å². The lowest BCUT2D eigenvalue weighted by atomic mass is 9.60. The molecule has 0 saturated heterocycles. The van der Waals surface area contributed by atoms with Crippen LogP contribution in [0.5, 0.6) is 0 Å². The minimum Gasteiger partial charge on any atom is -0.0934 e. The molecule has 1 aliphatic carbocycles. The second kappa shape index (κ2) is 5.85. The zero-order valence-corrected chi connectivity index (χ0v) is 11.0. The lowest BCUT2D eigenvalue weighted by Gasteiger charge is -2.47. The van der Waals surface area contributed by atoms with Gasteiger partial charge in [-0.1, -0.05) is 40.0 Å². The fourth-order valence-corrected chi connectivity index (χ4v) is 2.97. The van der Waals surface area contributed by atoms with E-state index >= 15 is 0 Å². The zero-order valence-electron chi connectivity index (χ0n) is 10.3. The van der Waals surface area contributed by atoms with E-state index < -0.39 is 0 Å². The summed E-state index contributed by atoms with van der Waals surface area (Å²) >= 11 is 6.17. The molecule has 1 aromatic carbocycles. The van der Waals surface area contributed by atoms with Gasteiger partial charge in [0.1, 0.15) is 0 Å². The number of rotatable bonds is 5. The molecule has 2 rings (SSSR count). The van der Waals surface area contributed by atoms with Crippen molar-refractivity contribution in [3.63, 3.8) is 0 Å². The minimum atomic E-state index is -0.206. The van der Waals surface area contributed by atoms with Crippen LogP contribution in [0.15, 0.2) is 34.5 Å². The van der Waals surface area contributed by atoms with Gasteiger partial charge in [-0.2, -0.15) is 0 Å². The molecule has 0 aliphatic heterocycles. The Hall–Kier alpha value is -1.87. The van der Waals surface area contributed by atoms with Crippen molar-refractivity contribution in [2.75, 3.05) is 13.1 Å². The molecule has 0 N–H and O–H groups in total. The van der Waals surface area contributed by atoms with Gasteiger partial charge in [-0.05, 0) is 46.9 Å². The lowest BCUT2D eigenvalue weighted by molar-refractivity contribution is 0.122.